The molecule has 0 saturated heterocycles. The number of carbonyl (C=O) groups is 1. The molecule has 1 aliphatic carbocycles. The van der Waals surface area contributed by atoms with Crippen LogP contribution in [0.3, 0.4) is 0 Å². The van der Waals surface area contributed by atoms with E-state index >= 15 is 0 Å². The van der Waals surface area contributed by atoms with E-state index in [9.17, 15) is 18.0 Å². The number of alkyl halides is 3. The summed E-state index contributed by atoms with van der Waals surface area (Å²) in [4.78, 5) is 13.5. The first kappa shape index (κ1) is 16.4. The van der Waals surface area contributed by atoms with Crippen molar-refractivity contribution in [2.45, 2.75) is 25.1 Å². The Morgan fingerprint density at radius 2 is 2.14 bits per heavy atom. The van der Waals surface area contributed by atoms with E-state index in [0.29, 0.717) is 0 Å². The zero-order chi connectivity index (χ0) is 16.2. The van der Waals surface area contributed by atoms with E-state index in [1.165, 1.54) is 5.56 Å². The van der Waals surface area contributed by atoms with E-state index in [1.807, 2.05) is 29.6 Å². The van der Waals surface area contributed by atoms with Crippen LogP contribution in [0.15, 0.2) is 24.3 Å². The molecule has 1 atom stereocenters. The number of amides is 1. The van der Waals surface area contributed by atoms with Gasteiger partial charge in [-0.05, 0) is 24.0 Å². The summed E-state index contributed by atoms with van der Waals surface area (Å²) in [6.07, 6.45) is 2.62. The highest BCUT2D eigenvalue weighted by atomic mass is 19.4. The standard InChI is InChI=1S/C16H17F3N2O/c1-2-9-21(10-15(22)20-11-16(17,18)19)14-8-7-12-5-3-4-6-13(12)14/h1,3-6,14H,7-11H2,(H,20,22)/t14-/m0/s1. The van der Waals surface area contributed by atoms with Crippen LogP contribution >= 0.6 is 0 Å². The highest BCUT2D eigenvalue weighted by Gasteiger charge is 2.30. The average Bonchev–Trinajstić information content (AvgIpc) is 2.88. The number of halogens is 3. The molecule has 0 radical (unpaired) electrons. The number of rotatable bonds is 5. The number of aryl methyl sites for hydroxylation is 1. The largest absolute Gasteiger partial charge is 0.405 e. The molecule has 0 spiro atoms. The molecule has 22 heavy (non-hydrogen) atoms. The minimum atomic E-state index is -4.41. The molecule has 1 aromatic carbocycles. The van der Waals surface area contributed by atoms with Crippen LogP contribution in [0.4, 0.5) is 13.2 Å². The lowest BCUT2D eigenvalue weighted by molar-refractivity contribution is -0.139. The number of terminal acetylenes is 1. The fraction of sp³-hybridized carbons (Fsp3) is 0.438. The molecule has 0 fully saturated rings. The SMILES string of the molecule is C#CCN(CC(=O)NCC(F)(F)F)[C@H]1CCc2ccccc21. The molecule has 1 N–H and O–H groups in total. The molecular weight excluding hydrogens is 293 g/mol. The Hall–Kier alpha value is -2.00. The van der Waals surface area contributed by atoms with Crippen LogP contribution in [0, 0.1) is 12.3 Å². The van der Waals surface area contributed by atoms with E-state index in [0.717, 1.165) is 18.4 Å². The van der Waals surface area contributed by atoms with Crippen molar-refractivity contribution in [3.05, 3.63) is 35.4 Å². The van der Waals surface area contributed by atoms with Gasteiger partial charge in [0.25, 0.3) is 0 Å². The van der Waals surface area contributed by atoms with Gasteiger partial charge in [0.1, 0.15) is 6.54 Å². The molecule has 3 nitrogen and oxygen atoms in total. The van der Waals surface area contributed by atoms with Gasteiger partial charge in [-0.2, -0.15) is 13.2 Å². The molecule has 1 aliphatic rings. The van der Waals surface area contributed by atoms with Crippen molar-refractivity contribution in [3.8, 4) is 12.3 Å². The van der Waals surface area contributed by atoms with Crippen molar-refractivity contribution in [2.75, 3.05) is 19.6 Å². The fourth-order valence-corrected chi connectivity index (χ4v) is 2.75. The zero-order valence-electron chi connectivity index (χ0n) is 12.0. The predicted molar refractivity (Wildman–Crippen MR) is 77.0 cm³/mol. The second kappa shape index (κ2) is 6.84. The third kappa shape index (κ3) is 4.25. The summed E-state index contributed by atoms with van der Waals surface area (Å²) in [5, 5.41) is 1.88. The lowest BCUT2D eigenvalue weighted by Crippen LogP contribution is -2.42. The van der Waals surface area contributed by atoms with Gasteiger partial charge in [0.05, 0.1) is 13.1 Å². The summed E-state index contributed by atoms with van der Waals surface area (Å²) in [5.74, 6) is 1.81. The normalized spacial score (nSPS) is 17.1. The van der Waals surface area contributed by atoms with Gasteiger partial charge in [0, 0.05) is 6.04 Å². The third-order valence-corrected chi connectivity index (χ3v) is 3.67. The van der Waals surface area contributed by atoms with Gasteiger partial charge < -0.3 is 5.32 Å². The first-order valence-electron chi connectivity index (χ1n) is 6.99. The number of carbonyl (C=O) groups excluding carboxylic acids is 1. The van der Waals surface area contributed by atoms with Gasteiger partial charge in [0.2, 0.25) is 5.91 Å². The molecule has 0 heterocycles. The topological polar surface area (TPSA) is 32.3 Å². The van der Waals surface area contributed by atoms with Crippen LogP contribution in [-0.4, -0.2) is 36.6 Å². The maximum absolute atomic E-state index is 12.1. The predicted octanol–water partition coefficient (Wildman–Crippen LogP) is 2.29. The van der Waals surface area contributed by atoms with Gasteiger partial charge >= 0.3 is 6.18 Å². The summed E-state index contributed by atoms with van der Waals surface area (Å²) in [6.45, 7) is -1.24. The third-order valence-electron chi connectivity index (χ3n) is 3.67. The summed E-state index contributed by atoms with van der Waals surface area (Å²) < 4.78 is 36.4. The molecule has 0 bridgehead atoms. The van der Waals surface area contributed by atoms with Crippen LogP contribution in [0.5, 0.6) is 0 Å². The van der Waals surface area contributed by atoms with Crippen LogP contribution in [0.25, 0.3) is 0 Å². The molecule has 6 heteroatoms. The summed E-state index contributed by atoms with van der Waals surface area (Å²) in [5.41, 5.74) is 2.30. The van der Waals surface area contributed by atoms with Gasteiger partial charge in [-0.1, -0.05) is 30.2 Å². The van der Waals surface area contributed by atoms with Gasteiger partial charge in [0.15, 0.2) is 0 Å². The van der Waals surface area contributed by atoms with Crippen molar-refractivity contribution in [1.29, 1.82) is 0 Å². The second-order valence-corrected chi connectivity index (χ2v) is 5.25. The number of fused-ring (bicyclic) bond motifs is 1. The van der Waals surface area contributed by atoms with Gasteiger partial charge in [-0.15, -0.1) is 6.42 Å². The molecule has 2 rings (SSSR count). The average molecular weight is 310 g/mol. The van der Waals surface area contributed by atoms with Crippen molar-refractivity contribution < 1.29 is 18.0 Å². The maximum atomic E-state index is 12.1. The maximum Gasteiger partial charge on any atom is 0.405 e. The molecule has 1 aromatic rings. The van der Waals surface area contributed by atoms with Crippen LogP contribution in [-0.2, 0) is 11.2 Å². The highest BCUT2D eigenvalue weighted by Crippen LogP contribution is 2.35. The minimum Gasteiger partial charge on any atom is -0.346 e. The van der Waals surface area contributed by atoms with Crippen LogP contribution in [0.1, 0.15) is 23.6 Å². The number of hydrogen-bond donors (Lipinski definition) is 1. The fourth-order valence-electron chi connectivity index (χ4n) is 2.75. The van der Waals surface area contributed by atoms with E-state index in [-0.39, 0.29) is 19.1 Å². The Morgan fingerprint density at radius 1 is 1.41 bits per heavy atom. The second-order valence-electron chi connectivity index (χ2n) is 5.25. The Morgan fingerprint density at radius 3 is 2.82 bits per heavy atom. The van der Waals surface area contributed by atoms with Crippen molar-refractivity contribution >= 4 is 5.91 Å². The van der Waals surface area contributed by atoms with Crippen molar-refractivity contribution in [3.63, 3.8) is 0 Å². The lowest BCUT2D eigenvalue weighted by Gasteiger charge is -2.27. The Labute approximate surface area is 127 Å². The Bertz CT molecular complexity index is 577. The highest BCUT2D eigenvalue weighted by molar-refractivity contribution is 5.78. The molecule has 0 aromatic heterocycles. The summed E-state index contributed by atoms with van der Waals surface area (Å²) in [6, 6.07) is 7.83. The smallest absolute Gasteiger partial charge is 0.346 e. The first-order chi connectivity index (χ1) is 10.4. The van der Waals surface area contributed by atoms with E-state index < -0.39 is 18.6 Å². The number of hydrogen-bond acceptors (Lipinski definition) is 2. The number of nitrogens with one attached hydrogen (secondary N) is 1. The Balaban J connectivity index is 2.02. The van der Waals surface area contributed by atoms with Crippen molar-refractivity contribution in [2.24, 2.45) is 0 Å². The monoisotopic (exact) mass is 310 g/mol. The van der Waals surface area contributed by atoms with Gasteiger partial charge in [-0.3, -0.25) is 9.69 Å². The minimum absolute atomic E-state index is 0.0242. The quantitative estimate of drug-likeness (QED) is 0.846. The lowest BCUT2D eigenvalue weighted by atomic mass is 10.1. The molecular formula is C16H17F3N2O. The van der Waals surface area contributed by atoms with E-state index in [2.05, 4.69) is 5.92 Å². The van der Waals surface area contributed by atoms with Crippen LogP contribution in [0.2, 0.25) is 0 Å². The number of benzene rings is 1. The molecule has 0 aliphatic heterocycles. The van der Waals surface area contributed by atoms with E-state index in [1.54, 1.807) is 4.90 Å². The molecule has 1 amide bonds. The number of nitrogens with zero attached hydrogens (tertiary/aromatic N) is 1. The van der Waals surface area contributed by atoms with Gasteiger partial charge in [-0.25, -0.2) is 0 Å². The summed E-state index contributed by atoms with van der Waals surface area (Å²) >= 11 is 0. The van der Waals surface area contributed by atoms with E-state index in [4.69, 9.17) is 6.42 Å². The summed E-state index contributed by atoms with van der Waals surface area (Å²) in [7, 11) is 0. The zero-order valence-corrected chi connectivity index (χ0v) is 12.0. The van der Waals surface area contributed by atoms with Crippen LogP contribution < -0.4 is 5.32 Å². The molecule has 118 valence electrons. The molecule has 0 saturated carbocycles. The van der Waals surface area contributed by atoms with Crippen molar-refractivity contribution in [1.82, 2.24) is 10.2 Å². The first-order valence-corrected chi connectivity index (χ1v) is 6.99. The Kier molecular flexibility index (Phi) is 5.09. The molecule has 0 unspecified atom stereocenters.